The van der Waals surface area contributed by atoms with Gasteiger partial charge in [0.2, 0.25) is 12.2 Å². The van der Waals surface area contributed by atoms with Crippen LogP contribution in [0.15, 0.2) is 47.1 Å². The number of rotatable bonds is 9. The third-order valence-electron chi connectivity index (χ3n) is 7.78. The molecular weight excluding hydrogens is 625 g/mol. The first kappa shape index (κ1) is 33.1. The number of hydrogen-bond donors (Lipinski definition) is 4. The first-order valence-electron chi connectivity index (χ1n) is 14.1. The highest BCUT2D eigenvalue weighted by Gasteiger charge is 2.53. The lowest BCUT2D eigenvalue weighted by molar-refractivity contribution is -0.155. The number of aliphatic hydroxyl groups is 3. The van der Waals surface area contributed by atoms with Crippen molar-refractivity contribution >= 4 is 29.3 Å². The Labute approximate surface area is 261 Å². The van der Waals surface area contributed by atoms with Crippen LogP contribution < -0.4 is 10.1 Å². The number of hydrogen-bond acceptors (Lipinski definition) is 10. The summed E-state index contributed by atoms with van der Waals surface area (Å²) in [5.74, 6) is -2.30. The molecule has 0 unspecified atom stereocenters. The predicted molar refractivity (Wildman–Crippen MR) is 153 cm³/mol. The van der Waals surface area contributed by atoms with Gasteiger partial charge in [0.05, 0.1) is 11.8 Å². The molecule has 2 aliphatic heterocycles. The topological polar surface area (TPSA) is 148 Å². The van der Waals surface area contributed by atoms with Gasteiger partial charge in [-0.05, 0) is 55.8 Å². The number of ether oxygens (including phenoxy) is 4. The SMILES string of the molecule is CC(=Cc1ccc(O[C@@H]2O[C@H](C(C)=NOCc3cc(F)ccc3Cl)C[C@H]2F)c(F)c1)C(=O)N[C@@H]1[C@H](O)[C@@H](O)[C@H]2OCO[C@H]2[C@@H]1O. The second-order valence-corrected chi connectivity index (χ2v) is 11.4. The van der Waals surface area contributed by atoms with Crippen LogP contribution in [0.5, 0.6) is 5.75 Å². The molecule has 3 fully saturated rings. The van der Waals surface area contributed by atoms with E-state index < -0.39 is 72.7 Å². The van der Waals surface area contributed by atoms with E-state index in [1.54, 1.807) is 6.92 Å². The Balaban J connectivity index is 1.16. The van der Waals surface area contributed by atoms with Gasteiger partial charge in [-0.1, -0.05) is 22.8 Å². The number of oxime groups is 1. The van der Waals surface area contributed by atoms with E-state index in [9.17, 15) is 33.3 Å². The number of fused-ring (bicyclic) bond motifs is 1. The summed E-state index contributed by atoms with van der Waals surface area (Å²) in [7, 11) is 0. The number of carbonyl (C=O) groups excluding carboxylic acids is 1. The van der Waals surface area contributed by atoms with Crippen molar-refractivity contribution in [1.82, 2.24) is 5.32 Å². The van der Waals surface area contributed by atoms with Crippen LogP contribution in [0.1, 0.15) is 31.4 Å². The maximum Gasteiger partial charge on any atom is 0.247 e. The van der Waals surface area contributed by atoms with Crippen LogP contribution in [0, 0.1) is 11.6 Å². The molecule has 0 bridgehead atoms. The highest BCUT2D eigenvalue weighted by Crippen LogP contribution is 2.31. The number of alkyl halides is 1. The summed E-state index contributed by atoms with van der Waals surface area (Å²) >= 11 is 6.01. The molecule has 15 heteroatoms. The van der Waals surface area contributed by atoms with Gasteiger partial charge < -0.3 is 44.4 Å². The van der Waals surface area contributed by atoms with Gasteiger partial charge in [-0.2, -0.15) is 0 Å². The number of nitrogens with zero attached hydrogens (tertiary/aromatic N) is 1. The Kier molecular flexibility index (Phi) is 10.3. The number of benzene rings is 2. The van der Waals surface area contributed by atoms with Gasteiger partial charge in [0.15, 0.2) is 17.7 Å². The zero-order valence-electron chi connectivity index (χ0n) is 24.1. The summed E-state index contributed by atoms with van der Waals surface area (Å²) in [6, 6.07) is 6.33. The summed E-state index contributed by atoms with van der Waals surface area (Å²) in [5, 5.41) is 37.9. The first-order valence-corrected chi connectivity index (χ1v) is 14.4. The summed E-state index contributed by atoms with van der Waals surface area (Å²) in [4.78, 5) is 18.0. The van der Waals surface area contributed by atoms with Crippen LogP contribution in [0.4, 0.5) is 13.2 Å². The molecular formula is C30H32ClF3N2O9. The Hall–Kier alpha value is -3.24. The van der Waals surface area contributed by atoms with Crippen LogP contribution in [0.2, 0.25) is 5.02 Å². The van der Waals surface area contributed by atoms with Crippen LogP contribution in [-0.4, -0.2) is 88.9 Å². The molecule has 5 rings (SSSR count). The average Bonchev–Trinajstić information content (AvgIpc) is 3.64. The standard InChI is InChI=1S/C30H32ClF3N2O9/c1-13(29(40)35-23-24(37)26(39)28-27(25(23)38)41-12-42-28)7-15-3-6-21(19(33)8-15)44-30-20(34)10-22(45-30)14(2)36-43-11-16-9-17(32)4-5-18(16)31/h3-9,20,22-28,30,37-39H,10-12H2,1-2H3,(H,35,40)/t20-,22+,23-,24+,25-,26-,27+,28-,30-/m1/s1. The normalized spacial score (nSPS) is 31.9. The van der Waals surface area contributed by atoms with Crippen molar-refractivity contribution < 1.29 is 57.1 Å². The molecule has 0 spiro atoms. The Bertz CT molecular complexity index is 1460. The van der Waals surface area contributed by atoms with Crippen molar-refractivity contribution in [2.45, 2.75) is 82.0 Å². The molecule has 2 saturated heterocycles. The summed E-state index contributed by atoms with van der Waals surface area (Å²) in [6.45, 7) is 2.71. The fraction of sp³-hybridized carbons (Fsp3) is 0.467. The molecule has 0 radical (unpaired) electrons. The third-order valence-corrected chi connectivity index (χ3v) is 8.15. The molecule has 3 aliphatic rings. The van der Waals surface area contributed by atoms with E-state index in [0.717, 1.165) is 6.07 Å². The van der Waals surface area contributed by atoms with Gasteiger partial charge in [-0.25, -0.2) is 13.2 Å². The van der Waals surface area contributed by atoms with E-state index >= 15 is 0 Å². The second-order valence-electron chi connectivity index (χ2n) is 11.0. The fourth-order valence-corrected chi connectivity index (χ4v) is 5.44. The molecule has 244 valence electrons. The van der Waals surface area contributed by atoms with Crippen LogP contribution in [0.25, 0.3) is 6.08 Å². The lowest BCUT2D eigenvalue weighted by Crippen LogP contribution is -2.67. The number of halogens is 4. The Morgan fingerprint density at radius 1 is 1.09 bits per heavy atom. The second kappa shape index (κ2) is 14.0. The zero-order valence-corrected chi connectivity index (χ0v) is 24.9. The predicted octanol–water partition coefficient (Wildman–Crippen LogP) is 2.77. The average molecular weight is 657 g/mol. The fourth-order valence-electron chi connectivity index (χ4n) is 5.27. The molecule has 2 aromatic rings. The van der Waals surface area contributed by atoms with Crippen molar-refractivity contribution in [1.29, 1.82) is 0 Å². The smallest absolute Gasteiger partial charge is 0.247 e. The monoisotopic (exact) mass is 656 g/mol. The van der Waals surface area contributed by atoms with Crippen molar-refractivity contribution in [3.05, 3.63) is 69.8 Å². The molecule has 4 N–H and O–H groups in total. The molecule has 11 nitrogen and oxygen atoms in total. The maximum absolute atomic E-state index is 14.9. The van der Waals surface area contributed by atoms with Crippen LogP contribution >= 0.6 is 11.6 Å². The van der Waals surface area contributed by atoms with E-state index in [4.69, 9.17) is 35.4 Å². The molecule has 1 amide bonds. The molecule has 2 aromatic carbocycles. The first-order chi connectivity index (χ1) is 21.4. The van der Waals surface area contributed by atoms with Crippen molar-refractivity contribution in [3.63, 3.8) is 0 Å². The van der Waals surface area contributed by atoms with E-state index in [0.29, 0.717) is 10.6 Å². The maximum atomic E-state index is 14.9. The summed E-state index contributed by atoms with van der Waals surface area (Å²) in [6.07, 6.45) is -8.75. The highest BCUT2D eigenvalue weighted by atomic mass is 35.5. The number of nitrogens with one attached hydrogen (secondary N) is 1. The van der Waals surface area contributed by atoms with Crippen LogP contribution in [-0.2, 0) is 30.4 Å². The molecule has 45 heavy (non-hydrogen) atoms. The van der Waals surface area contributed by atoms with Crippen molar-refractivity contribution in [2.75, 3.05) is 6.79 Å². The number of carbonyl (C=O) groups is 1. The van der Waals surface area contributed by atoms with Gasteiger partial charge >= 0.3 is 0 Å². The minimum Gasteiger partial charge on any atom is -0.459 e. The van der Waals surface area contributed by atoms with E-state index in [1.165, 1.54) is 43.3 Å². The van der Waals surface area contributed by atoms with E-state index in [1.807, 2.05) is 0 Å². The number of amides is 1. The number of aliphatic hydroxyl groups excluding tert-OH is 3. The molecule has 0 aromatic heterocycles. The molecule has 2 heterocycles. The summed E-state index contributed by atoms with van der Waals surface area (Å²) in [5.41, 5.74) is 1.04. The molecule has 1 aliphatic carbocycles. The van der Waals surface area contributed by atoms with Gasteiger partial charge in [0.1, 0.15) is 55.8 Å². The van der Waals surface area contributed by atoms with Crippen molar-refractivity contribution in [3.8, 4) is 5.75 Å². The van der Waals surface area contributed by atoms with E-state index in [-0.39, 0.29) is 42.4 Å². The highest BCUT2D eigenvalue weighted by molar-refractivity contribution is 6.31. The van der Waals surface area contributed by atoms with Crippen LogP contribution in [0.3, 0.4) is 0 Å². The van der Waals surface area contributed by atoms with Crippen molar-refractivity contribution in [2.24, 2.45) is 5.16 Å². The summed E-state index contributed by atoms with van der Waals surface area (Å²) < 4.78 is 64.6. The van der Waals surface area contributed by atoms with Gasteiger partial charge in [0.25, 0.3) is 0 Å². The third kappa shape index (κ3) is 7.43. The Morgan fingerprint density at radius 2 is 1.82 bits per heavy atom. The zero-order chi connectivity index (χ0) is 32.4. The quantitative estimate of drug-likeness (QED) is 0.182. The lowest BCUT2D eigenvalue weighted by Gasteiger charge is -2.41. The van der Waals surface area contributed by atoms with Gasteiger partial charge in [-0.15, -0.1) is 0 Å². The molecule has 1 saturated carbocycles. The minimum absolute atomic E-state index is 0.102. The van der Waals surface area contributed by atoms with Gasteiger partial charge in [0, 0.05) is 22.6 Å². The lowest BCUT2D eigenvalue weighted by atomic mass is 9.83. The molecule has 9 atom stereocenters. The Morgan fingerprint density at radius 3 is 2.56 bits per heavy atom. The van der Waals surface area contributed by atoms with Gasteiger partial charge in [-0.3, -0.25) is 4.79 Å². The van der Waals surface area contributed by atoms with E-state index in [2.05, 4.69) is 10.5 Å². The largest absolute Gasteiger partial charge is 0.459 e. The minimum atomic E-state index is -1.61.